The molecular formula is C19H25FN2O2. The Morgan fingerprint density at radius 2 is 1.96 bits per heavy atom. The normalized spacial score (nSPS) is 22.5. The molecule has 1 N–H and O–H groups in total. The summed E-state index contributed by atoms with van der Waals surface area (Å²) in [6.07, 6.45) is 6.92. The summed E-state index contributed by atoms with van der Waals surface area (Å²) in [6, 6.07) is 6.18. The van der Waals surface area contributed by atoms with Gasteiger partial charge in [-0.15, -0.1) is 0 Å². The summed E-state index contributed by atoms with van der Waals surface area (Å²) < 4.78 is 13.3. The third-order valence-electron chi connectivity index (χ3n) is 5.05. The Bertz CT molecular complexity index is 597. The zero-order chi connectivity index (χ0) is 16.9. The van der Waals surface area contributed by atoms with Crippen molar-refractivity contribution < 1.29 is 14.0 Å². The summed E-state index contributed by atoms with van der Waals surface area (Å²) >= 11 is 0. The standard InChI is InChI=1S/C19H25FN2O2/c20-16-9-5-6-14(10-16)12-22-13-17(11-18(22)23)21-19(24)15-7-3-1-2-4-8-15/h5-6,9-10,15,17H,1-4,7-8,11-13H2,(H,21,24)/t17-/m0/s1. The smallest absolute Gasteiger partial charge is 0.225 e. The van der Waals surface area contributed by atoms with Crippen LogP contribution in [0.4, 0.5) is 4.39 Å². The molecule has 0 bridgehead atoms. The van der Waals surface area contributed by atoms with Gasteiger partial charge in [0.2, 0.25) is 11.8 Å². The molecule has 1 aromatic rings. The van der Waals surface area contributed by atoms with Crippen LogP contribution >= 0.6 is 0 Å². The number of benzene rings is 1. The third kappa shape index (κ3) is 4.34. The highest BCUT2D eigenvalue weighted by atomic mass is 19.1. The van der Waals surface area contributed by atoms with Crippen LogP contribution in [0.3, 0.4) is 0 Å². The molecule has 1 saturated carbocycles. The van der Waals surface area contributed by atoms with Gasteiger partial charge in [-0.25, -0.2) is 4.39 Å². The highest BCUT2D eigenvalue weighted by molar-refractivity contribution is 5.83. The van der Waals surface area contributed by atoms with Crippen LogP contribution in [-0.2, 0) is 16.1 Å². The van der Waals surface area contributed by atoms with E-state index in [-0.39, 0.29) is 29.6 Å². The van der Waals surface area contributed by atoms with Crippen molar-refractivity contribution in [2.75, 3.05) is 6.54 Å². The number of carbonyl (C=O) groups is 2. The number of hydrogen-bond donors (Lipinski definition) is 1. The highest BCUT2D eigenvalue weighted by Gasteiger charge is 2.32. The predicted octanol–water partition coefficient (Wildman–Crippen LogP) is 3.01. The van der Waals surface area contributed by atoms with Gasteiger partial charge in [0.15, 0.2) is 0 Å². The third-order valence-corrected chi connectivity index (χ3v) is 5.05. The van der Waals surface area contributed by atoms with Crippen molar-refractivity contribution in [1.82, 2.24) is 10.2 Å². The number of likely N-dealkylation sites (tertiary alicyclic amines) is 1. The fourth-order valence-corrected chi connectivity index (χ4v) is 3.74. The van der Waals surface area contributed by atoms with Crippen molar-refractivity contribution in [3.8, 4) is 0 Å². The van der Waals surface area contributed by atoms with E-state index in [9.17, 15) is 14.0 Å². The molecule has 1 atom stereocenters. The van der Waals surface area contributed by atoms with E-state index >= 15 is 0 Å². The van der Waals surface area contributed by atoms with E-state index in [1.807, 2.05) is 6.07 Å². The van der Waals surface area contributed by atoms with Gasteiger partial charge in [0, 0.05) is 25.4 Å². The molecule has 4 nitrogen and oxygen atoms in total. The van der Waals surface area contributed by atoms with E-state index in [0.717, 1.165) is 31.2 Å². The number of carbonyl (C=O) groups excluding carboxylic acids is 2. The zero-order valence-corrected chi connectivity index (χ0v) is 14.0. The lowest BCUT2D eigenvalue weighted by Crippen LogP contribution is -2.40. The second kappa shape index (κ2) is 7.77. The molecule has 2 aliphatic rings. The molecule has 0 radical (unpaired) electrons. The van der Waals surface area contributed by atoms with Gasteiger partial charge in [-0.05, 0) is 30.5 Å². The van der Waals surface area contributed by atoms with E-state index < -0.39 is 0 Å². The maximum atomic E-state index is 13.3. The zero-order valence-electron chi connectivity index (χ0n) is 14.0. The van der Waals surface area contributed by atoms with Gasteiger partial charge in [0.05, 0.1) is 6.04 Å². The number of nitrogens with one attached hydrogen (secondary N) is 1. The molecule has 1 aliphatic heterocycles. The Hall–Kier alpha value is -1.91. The largest absolute Gasteiger partial charge is 0.351 e. The van der Waals surface area contributed by atoms with E-state index in [0.29, 0.717) is 19.5 Å². The van der Waals surface area contributed by atoms with Gasteiger partial charge in [-0.2, -0.15) is 0 Å². The molecule has 2 amide bonds. The molecular weight excluding hydrogens is 307 g/mol. The molecule has 0 aromatic heterocycles. The number of rotatable bonds is 4. The average Bonchev–Trinajstić information content (AvgIpc) is 2.77. The molecule has 5 heteroatoms. The summed E-state index contributed by atoms with van der Waals surface area (Å²) in [4.78, 5) is 26.3. The topological polar surface area (TPSA) is 49.4 Å². The Labute approximate surface area is 142 Å². The number of nitrogens with zero attached hydrogens (tertiary/aromatic N) is 1. The predicted molar refractivity (Wildman–Crippen MR) is 89.6 cm³/mol. The van der Waals surface area contributed by atoms with Crippen LogP contribution in [0, 0.1) is 11.7 Å². The lowest BCUT2D eigenvalue weighted by Gasteiger charge is -2.19. The van der Waals surface area contributed by atoms with Crippen molar-refractivity contribution in [3.63, 3.8) is 0 Å². The first-order chi connectivity index (χ1) is 11.6. The van der Waals surface area contributed by atoms with Gasteiger partial charge in [-0.1, -0.05) is 37.8 Å². The van der Waals surface area contributed by atoms with Crippen molar-refractivity contribution in [2.45, 2.75) is 57.5 Å². The van der Waals surface area contributed by atoms with E-state index in [2.05, 4.69) is 5.32 Å². The Morgan fingerprint density at radius 1 is 1.21 bits per heavy atom. The summed E-state index contributed by atoms with van der Waals surface area (Å²) in [5.41, 5.74) is 0.777. The Morgan fingerprint density at radius 3 is 2.67 bits per heavy atom. The molecule has 1 heterocycles. The molecule has 130 valence electrons. The SMILES string of the molecule is O=C(N[C@H]1CC(=O)N(Cc2cccc(F)c2)C1)C1CCCCCC1. The lowest BCUT2D eigenvalue weighted by atomic mass is 9.99. The number of halogens is 1. The Kier molecular flexibility index (Phi) is 5.48. The monoisotopic (exact) mass is 332 g/mol. The molecule has 0 unspecified atom stereocenters. The van der Waals surface area contributed by atoms with E-state index in [4.69, 9.17) is 0 Å². The molecule has 1 aromatic carbocycles. The van der Waals surface area contributed by atoms with Crippen LogP contribution in [0.5, 0.6) is 0 Å². The van der Waals surface area contributed by atoms with Crippen LogP contribution in [0.15, 0.2) is 24.3 Å². The van der Waals surface area contributed by atoms with Gasteiger partial charge in [0.1, 0.15) is 5.82 Å². The van der Waals surface area contributed by atoms with Gasteiger partial charge < -0.3 is 10.2 Å². The van der Waals surface area contributed by atoms with Crippen LogP contribution in [0.1, 0.15) is 50.5 Å². The van der Waals surface area contributed by atoms with Crippen LogP contribution in [0.25, 0.3) is 0 Å². The first-order valence-corrected chi connectivity index (χ1v) is 8.94. The van der Waals surface area contributed by atoms with E-state index in [1.54, 1.807) is 11.0 Å². The van der Waals surface area contributed by atoms with Gasteiger partial charge in [-0.3, -0.25) is 9.59 Å². The minimum atomic E-state index is -0.294. The van der Waals surface area contributed by atoms with E-state index in [1.165, 1.54) is 25.0 Å². The fraction of sp³-hybridized carbons (Fsp3) is 0.579. The van der Waals surface area contributed by atoms with Gasteiger partial charge in [0.25, 0.3) is 0 Å². The first-order valence-electron chi connectivity index (χ1n) is 8.94. The molecule has 3 rings (SSSR count). The van der Waals surface area contributed by atoms with Crippen molar-refractivity contribution in [1.29, 1.82) is 0 Å². The minimum absolute atomic E-state index is 0.0189. The molecule has 1 aliphatic carbocycles. The van der Waals surface area contributed by atoms with Crippen molar-refractivity contribution >= 4 is 11.8 Å². The van der Waals surface area contributed by atoms with Crippen LogP contribution in [-0.4, -0.2) is 29.3 Å². The second-order valence-corrected chi connectivity index (χ2v) is 7.00. The minimum Gasteiger partial charge on any atom is -0.351 e. The second-order valence-electron chi connectivity index (χ2n) is 7.00. The quantitative estimate of drug-likeness (QED) is 0.862. The first kappa shape index (κ1) is 16.9. The van der Waals surface area contributed by atoms with Crippen molar-refractivity contribution in [3.05, 3.63) is 35.6 Å². The number of amides is 2. The summed E-state index contributed by atoms with van der Waals surface area (Å²) in [7, 11) is 0. The summed E-state index contributed by atoms with van der Waals surface area (Å²) in [5.74, 6) is -0.0787. The Balaban J connectivity index is 1.53. The maximum Gasteiger partial charge on any atom is 0.225 e. The lowest BCUT2D eigenvalue weighted by molar-refractivity contribution is -0.128. The maximum absolute atomic E-state index is 13.3. The summed E-state index contributed by atoms with van der Waals surface area (Å²) in [5, 5.41) is 3.06. The fourth-order valence-electron chi connectivity index (χ4n) is 3.74. The molecule has 24 heavy (non-hydrogen) atoms. The van der Waals surface area contributed by atoms with Crippen molar-refractivity contribution in [2.24, 2.45) is 5.92 Å². The van der Waals surface area contributed by atoms with Crippen LogP contribution < -0.4 is 5.32 Å². The highest BCUT2D eigenvalue weighted by Crippen LogP contribution is 2.24. The number of hydrogen-bond acceptors (Lipinski definition) is 2. The molecule has 0 spiro atoms. The molecule has 1 saturated heterocycles. The summed E-state index contributed by atoms with van der Waals surface area (Å²) in [6.45, 7) is 0.903. The van der Waals surface area contributed by atoms with Crippen LogP contribution in [0.2, 0.25) is 0 Å². The average molecular weight is 332 g/mol. The molecule has 2 fully saturated rings. The van der Waals surface area contributed by atoms with Gasteiger partial charge >= 0.3 is 0 Å².